The first-order valence-electron chi connectivity index (χ1n) is 5.96. The normalized spacial score (nSPS) is 11.6. The number of nitrogens with zero attached hydrogens (tertiary/aromatic N) is 2. The number of rotatable bonds is 4. The highest BCUT2D eigenvalue weighted by molar-refractivity contribution is 5.55. The fourth-order valence-electron chi connectivity index (χ4n) is 1.76. The minimum Gasteiger partial charge on any atom is -0.326 e. The van der Waals surface area contributed by atoms with Gasteiger partial charge in [-0.15, -0.1) is 0 Å². The molecule has 0 bridgehead atoms. The van der Waals surface area contributed by atoms with E-state index >= 15 is 0 Å². The van der Waals surface area contributed by atoms with Gasteiger partial charge in [0.25, 0.3) is 0 Å². The minimum atomic E-state index is -4.34. The predicted molar refractivity (Wildman–Crippen MR) is 67.2 cm³/mol. The van der Waals surface area contributed by atoms with Gasteiger partial charge in [0.15, 0.2) is 0 Å². The van der Waals surface area contributed by atoms with Crippen molar-refractivity contribution in [1.82, 2.24) is 9.55 Å². The van der Waals surface area contributed by atoms with E-state index in [1.165, 1.54) is 6.07 Å². The third-order valence-electron chi connectivity index (χ3n) is 2.63. The van der Waals surface area contributed by atoms with Crippen molar-refractivity contribution in [1.29, 1.82) is 0 Å². The molecule has 1 heterocycles. The summed E-state index contributed by atoms with van der Waals surface area (Å²) in [6.07, 6.45) is -0.00475. The van der Waals surface area contributed by atoms with Crippen molar-refractivity contribution < 1.29 is 13.2 Å². The largest absolute Gasteiger partial charge is 0.416 e. The van der Waals surface area contributed by atoms with Gasteiger partial charge in [0.05, 0.1) is 5.56 Å². The maximum atomic E-state index is 12.6. The summed E-state index contributed by atoms with van der Waals surface area (Å²) in [5, 5.41) is 2.90. The molecule has 102 valence electrons. The Morgan fingerprint density at radius 2 is 2.11 bits per heavy atom. The second-order valence-electron chi connectivity index (χ2n) is 4.15. The van der Waals surface area contributed by atoms with E-state index in [9.17, 15) is 13.2 Å². The number of nitrogens with one attached hydrogen (secondary N) is 1. The molecule has 0 spiro atoms. The van der Waals surface area contributed by atoms with Crippen molar-refractivity contribution in [3.05, 3.63) is 42.2 Å². The molecule has 0 amide bonds. The number of imidazole rings is 1. The van der Waals surface area contributed by atoms with Crippen LogP contribution >= 0.6 is 0 Å². The topological polar surface area (TPSA) is 29.9 Å². The van der Waals surface area contributed by atoms with Crippen LogP contribution in [0.25, 0.3) is 0 Å². The molecular formula is C13H14F3N3. The first-order valence-corrected chi connectivity index (χ1v) is 5.96. The summed E-state index contributed by atoms with van der Waals surface area (Å²) in [5.41, 5.74) is -0.301. The van der Waals surface area contributed by atoms with Crippen LogP contribution in [0, 0.1) is 0 Å². The Morgan fingerprint density at radius 3 is 2.79 bits per heavy atom. The summed E-state index contributed by atoms with van der Waals surface area (Å²) in [6.45, 7) is 2.79. The van der Waals surface area contributed by atoms with Crippen LogP contribution in [0.2, 0.25) is 0 Å². The molecule has 1 aromatic carbocycles. The van der Waals surface area contributed by atoms with E-state index in [4.69, 9.17) is 0 Å². The predicted octanol–water partition coefficient (Wildman–Crippen LogP) is 4.06. The van der Waals surface area contributed by atoms with E-state index in [-0.39, 0.29) is 0 Å². The molecule has 0 aliphatic rings. The lowest BCUT2D eigenvalue weighted by molar-refractivity contribution is -0.137. The maximum absolute atomic E-state index is 12.6. The van der Waals surface area contributed by atoms with E-state index < -0.39 is 11.7 Å². The second-order valence-corrected chi connectivity index (χ2v) is 4.15. The van der Waals surface area contributed by atoms with Crippen molar-refractivity contribution in [3.63, 3.8) is 0 Å². The quantitative estimate of drug-likeness (QED) is 0.907. The summed E-state index contributed by atoms with van der Waals surface area (Å²) in [5.74, 6) is 0.543. The number of aromatic nitrogens is 2. The molecule has 0 saturated carbocycles. The van der Waals surface area contributed by atoms with Gasteiger partial charge in [0.1, 0.15) is 0 Å². The van der Waals surface area contributed by atoms with Gasteiger partial charge in [-0.2, -0.15) is 13.2 Å². The van der Waals surface area contributed by atoms with Gasteiger partial charge < -0.3 is 9.88 Å². The fourth-order valence-corrected chi connectivity index (χ4v) is 1.76. The molecule has 0 saturated heterocycles. The number of halogens is 3. The highest BCUT2D eigenvalue weighted by Gasteiger charge is 2.30. The Morgan fingerprint density at radius 1 is 1.32 bits per heavy atom. The lowest BCUT2D eigenvalue weighted by atomic mass is 10.2. The Bertz CT molecular complexity index is 546. The monoisotopic (exact) mass is 269 g/mol. The molecule has 2 aromatic rings. The maximum Gasteiger partial charge on any atom is 0.416 e. The third-order valence-corrected chi connectivity index (χ3v) is 2.63. The molecule has 2 rings (SSSR count). The molecular weight excluding hydrogens is 255 g/mol. The molecule has 19 heavy (non-hydrogen) atoms. The van der Waals surface area contributed by atoms with Crippen molar-refractivity contribution in [2.75, 3.05) is 5.32 Å². The second kappa shape index (κ2) is 5.34. The van der Waals surface area contributed by atoms with Gasteiger partial charge in [0.2, 0.25) is 5.95 Å². The zero-order valence-corrected chi connectivity index (χ0v) is 10.4. The van der Waals surface area contributed by atoms with Gasteiger partial charge >= 0.3 is 6.18 Å². The van der Waals surface area contributed by atoms with Crippen LogP contribution in [-0.4, -0.2) is 9.55 Å². The van der Waals surface area contributed by atoms with E-state index in [0.29, 0.717) is 11.6 Å². The highest BCUT2D eigenvalue weighted by Crippen LogP contribution is 2.31. The van der Waals surface area contributed by atoms with Crippen molar-refractivity contribution in [2.24, 2.45) is 0 Å². The first kappa shape index (κ1) is 13.5. The van der Waals surface area contributed by atoms with E-state index in [1.807, 2.05) is 11.5 Å². The fraction of sp³-hybridized carbons (Fsp3) is 0.308. The van der Waals surface area contributed by atoms with Crippen LogP contribution in [0.5, 0.6) is 0 Å². The van der Waals surface area contributed by atoms with E-state index in [1.54, 1.807) is 18.5 Å². The third kappa shape index (κ3) is 3.27. The Balaban J connectivity index is 2.21. The molecule has 0 aliphatic carbocycles. The number of hydrogen-bond donors (Lipinski definition) is 1. The molecule has 0 aliphatic heterocycles. The standard InChI is InChI=1S/C13H14F3N3/c1-2-7-19-8-6-17-12(19)18-11-5-3-4-10(9-11)13(14,15)16/h3-6,8-9H,2,7H2,1H3,(H,17,18). The van der Waals surface area contributed by atoms with E-state index in [0.717, 1.165) is 25.1 Å². The Kier molecular flexibility index (Phi) is 3.78. The summed E-state index contributed by atoms with van der Waals surface area (Å²) in [6, 6.07) is 5.08. The highest BCUT2D eigenvalue weighted by atomic mass is 19.4. The zero-order valence-electron chi connectivity index (χ0n) is 10.4. The van der Waals surface area contributed by atoms with Crippen LogP contribution in [0.1, 0.15) is 18.9 Å². The van der Waals surface area contributed by atoms with Gasteiger partial charge in [-0.05, 0) is 24.6 Å². The van der Waals surface area contributed by atoms with Crippen molar-refractivity contribution >= 4 is 11.6 Å². The SMILES string of the molecule is CCCn1ccnc1Nc1cccc(C(F)(F)F)c1. The summed E-state index contributed by atoms with van der Waals surface area (Å²) < 4.78 is 39.7. The number of hydrogen-bond acceptors (Lipinski definition) is 2. The smallest absolute Gasteiger partial charge is 0.326 e. The Hall–Kier alpha value is -1.98. The zero-order chi connectivity index (χ0) is 13.9. The van der Waals surface area contributed by atoms with Gasteiger partial charge in [0, 0.05) is 24.6 Å². The molecule has 1 aromatic heterocycles. The van der Waals surface area contributed by atoms with Gasteiger partial charge in [-0.1, -0.05) is 13.0 Å². The molecule has 6 heteroatoms. The molecule has 0 unspecified atom stereocenters. The van der Waals surface area contributed by atoms with Crippen LogP contribution < -0.4 is 5.32 Å². The summed E-state index contributed by atoms with van der Waals surface area (Å²) in [7, 11) is 0. The number of alkyl halides is 3. The minimum absolute atomic E-state index is 0.373. The molecule has 0 fully saturated rings. The number of benzene rings is 1. The van der Waals surface area contributed by atoms with Crippen LogP contribution in [0.15, 0.2) is 36.7 Å². The summed E-state index contributed by atoms with van der Waals surface area (Å²) >= 11 is 0. The number of aryl methyl sites for hydroxylation is 1. The average molecular weight is 269 g/mol. The lowest BCUT2D eigenvalue weighted by Crippen LogP contribution is -2.06. The summed E-state index contributed by atoms with van der Waals surface area (Å²) in [4.78, 5) is 4.09. The van der Waals surface area contributed by atoms with Gasteiger partial charge in [-0.3, -0.25) is 0 Å². The molecule has 1 N–H and O–H groups in total. The molecule has 0 radical (unpaired) electrons. The van der Waals surface area contributed by atoms with Gasteiger partial charge in [-0.25, -0.2) is 4.98 Å². The molecule has 3 nitrogen and oxygen atoms in total. The van der Waals surface area contributed by atoms with Crippen LogP contribution in [-0.2, 0) is 12.7 Å². The number of anilines is 2. The Labute approximate surface area is 109 Å². The van der Waals surface area contributed by atoms with E-state index in [2.05, 4.69) is 10.3 Å². The van der Waals surface area contributed by atoms with Crippen molar-refractivity contribution in [2.45, 2.75) is 26.1 Å². The first-order chi connectivity index (χ1) is 9.00. The van der Waals surface area contributed by atoms with Crippen LogP contribution in [0.3, 0.4) is 0 Å². The average Bonchev–Trinajstić information content (AvgIpc) is 2.77. The van der Waals surface area contributed by atoms with Crippen molar-refractivity contribution in [3.8, 4) is 0 Å². The molecule has 0 atom stereocenters. The van der Waals surface area contributed by atoms with Crippen LogP contribution in [0.4, 0.5) is 24.8 Å². The lowest BCUT2D eigenvalue weighted by Gasteiger charge is -2.11.